The molecule has 3 heteroatoms. The van der Waals surface area contributed by atoms with E-state index in [2.05, 4.69) is 6.07 Å². The van der Waals surface area contributed by atoms with Crippen LogP contribution >= 0.6 is 11.6 Å². The van der Waals surface area contributed by atoms with Crippen LogP contribution in [0.4, 0.5) is 0 Å². The van der Waals surface area contributed by atoms with E-state index in [-0.39, 0.29) is 5.54 Å². The van der Waals surface area contributed by atoms with E-state index in [9.17, 15) is 0 Å². The zero-order chi connectivity index (χ0) is 10.0. The van der Waals surface area contributed by atoms with Crippen molar-refractivity contribution in [1.29, 1.82) is 0 Å². The number of benzene rings is 1. The minimum Gasteiger partial charge on any atom is -0.379 e. The number of nitrogens with two attached hydrogens (primary N) is 1. The molecule has 1 heterocycles. The van der Waals surface area contributed by atoms with Crippen LogP contribution in [0.15, 0.2) is 24.3 Å². The summed E-state index contributed by atoms with van der Waals surface area (Å²) in [6.45, 7) is 1.43. The molecule has 1 aliphatic rings. The summed E-state index contributed by atoms with van der Waals surface area (Å²) < 4.78 is 5.30. The van der Waals surface area contributed by atoms with Crippen molar-refractivity contribution in [1.82, 2.24) is 0 Å². The lowest BCUT2D eigenvalue weighted by Crippen LogP contribution is -2.42. The monoisotopic (exact) mass is 211 g/mol. The van der Waals surface area contributed by atoms with Gasteiger partial charge in [0.05, 0.1) is 6.61 Å². The number of ether oxygens (including phenoxy) is 1. The molecular weight excluding hydrogens is 198 g/mol. The lowest BCUT2D eigenvalue weighted by Gasteiger charge is -2.21. The summed E-state index contributed by atoms with van der Waals surface area (Å²) in [5, 5.41) is 0.769. The third-order valence-electron chi connectivity index (χ3n) is 2.58. The van der Waals surface area contributed by atoms with Gasteiger partial charge in [0.2, 0.25) is 0 Å². The first-order chi connectivity index (χ1) is 6.68. The van der Waals surface area contributed by atoms with E-state index in [1.54, 1.807) is 0 Å². The van der Waals surface area contributed by atoms with Gasteiger partial charge >= 0.3 is 0 Å². The highest BCUT2D eigenvalue weighted by Crippen LogP contribution is 2.22. The summed E-state index contributed by atoms with van der Waals surface area (Å²) in [5.41, 5.74) is 7.17. The highest BCUT2D eigenvalue weighted by Gasteiger charge is 2.30. The zero-order valence-electron chi connectivity index (χ0n) is 8.00. The maximum Gasteiger partial charge on any atom is 0.0650 e. The Labute approximate surface area is 89.0 Å². The highest BCUT2D eigenvalue weighted by atomic mass is 35.5. The Morgan fingerprint density at radius 3 is 3.00 bits per heavy atom. The van der Waals surface area contributed by atoms with Crippen molar-refractivity contribution in [3.8, 4) is 0 Å². The Kier molecular flexibility index (Phi) is 2.77. The van der Waals surface area contributed by atoms with Crippen LogP contribution in [-0.2, 0) is 11.2 Å². The normalized spacial score (nSPS) is 26.7. The van der Waals surface area contributed by atoms with Crippen LogP contribution in [0.1, 0.15) is 12.0 Å². The van der Waals surface area contributed by atoms with E-state index >= 15 is 0 Å². The summed E-state index contributed by atoms with van der Waals surface area (Å²) in [4.78, 5) is 0. The predicted octanol–water partition coefficient (Wildman–Crippen LogP) is 2.00. The van der Waals surface area contributed by atoms with Crippen molar-refractivity contribution in [2.45, 2.75) is 18.4 Å². The van der Waals surface area contributed by atoms with Gasteiger partial charge in [0.1, 0.15) is 0 Å². The largest absolute Gasteiger partial charge is 0.379 e. The smallest absolute Gasteiger partial charge is 0.0650 e. The second-order valence-electron chi connectivity index (χ2n) is 3.97. The Morgan fingerprint density at radius 1 is 1.50 bits per heavy atom. The van der Waals surface area contributed by atoms with Crippen molar-refractivity contribution in [2.75, 3.05) is 13.2 Å². The van der Waals surface area contributed by atoms with Gasteiger partial charge in [-0.2, -0.15) is 0 Å². The Hall–Kier alpha value is -0.570. The van der Waals surface area contributed by atoms with Gasteiger partial charge < -0.3 is 10.5 Å². The molecule has 0 bridgehead atoms. The summed E-state index contributed by atoms with van der Waals surface area (Å²) in [6, 6.07) is 7.85. The van der Waals surface area contributed by atoms with E-state index in [1.165, 1.54) is 5.56 Å². The lowest BCUT2D eigenvalue weighted by molar-refractivity contribution is 0.178. The number of hydrogen-bond donors (Lipinski definition) is 1. The zero-order valence-corrected chi connectivity index (χ0v) is 8.76. The predicted molar refractivity (Wildman–Crippen MR) is 57.5 cm³/mol. The third kappa shape index (κ3) is 2.27. The van der Waals surface area contributed by atoms with Gasteiger partial charge in [0, 0.05) is 17.2 Å². The van der Waals surface area contributed by atoms with Crippen LogP contribution in [0, 0.1) is 0 Å². The van der Waals surface area contributed by atoms with Crippen molar-refractivity contribution >= 4 is 11.6 Å². The van der Waals surface area contributed by atoms with Crippen LogP contribution < -0.4 is 5.73 Å². The fourth-order valence-electron chi connectivity index (χ4n) is 1.82. The summed E-state index contributed by atoms with van der Waals surface area (Å²) >= 11 is 5.90. The van der Waals surface area contributed by atoms with Crippen molar-refractivity contribution < 1.29 is 4.74 Å². The van der Waals surface area contributed by atoms with Crippen LogP contribution in [0.5, 0.6) is 0 Å². The number of rotatable bonds is 2. The Morgan fingerprint density at radius 2 is 2.36 bits per heavy atom. The van der Waals surface area contributed by atoms with Gasteiger partial charge in [-0.1, -0.05) is 23.7 Å². The molecule has 1 aliphatic heterocycles. The minimum absolute atomic E-state index is 0.190. The first-order valence-corrected chi connectivity index (χ1v) is 5.17. The average molecular weight is 212 g/mol. The van der Waals surface area contributed by atoms with Gasteiger partial charge in [-0.15, -0.1) is 0 Å². The first kappa shape index (κ1) is 9.97. The third-order valence-corrected chi connectivity index (χ3v) is 2.81. The fourth-order valence-corrected chi connectivity index (χ4v) is 2.03. The van der Waals surface area contributed by atoms with E-state index in [4.69, 9.17) is 22.1 Å². The Balaban J connectivity index is 2.10. The molecule has 1 fully saturated rings. The van der Waals surface area contributed by atoms with E-state index < -0.39 is 0 Å². The molecule has 0 saturated carbocycles. The maximum atomic E-state index is 6.17. The van der Waals surface area contributed by atoms with Crippen LogP contribution in [0.2, 0.25) is 5.02 Å². The number of halogens is 1. The summed E-state index contributed by atoms with van der Waals surface area (Å²) in [5.74, 6) is 0. The van der Waals surface area contributed by atoms with Crippen molar-refractivity contribution in [2.24, 2.45) is 5.73 Å². The van der Waals surface area contributed by atoms with Crippen LogP contribution in [-0.4, -0.2) is 18.8 Å². The molecule has 76 valence electrons. The minimum atomic E-state index is -0.190. The quantitative estimate of drug-likeness (QED) is 0.812. The SMILES string of the molecule is NC1(Cc2cccc(Cl)c2)CCOC1. The summed E-state index contributed by atoms with van der Waals surface area (Å²) in [7, 11) is 0. The molecule has 0 radical (unpaired) electrons. The van der Waals surface area contributed by atoms with Gasteiger partial charge in [-0.3, -0.25) is 0 Å². The number of hydrogen-bond acceptors (Lipinski definition) is 2. The van der Waals surface area contributed by atoms with Gasteiger partial charge in [0.15, 0.2) is 0 Å². The van der Waals surface area contributed by atoms with E-state index in [1.807, 2.05) is 18.2 Å². The molecule has 1 aromatic carbocycles. The Bertz CT molecular complexity index is 321. The van der Waals surface area contributed by atoms with Crippen molar-refractivity contribution in [3.05, 3.63) is 34.9 Å². The molecule has 0 amide bonds. The molecule has 2 nitrogen and oxygen atoms in total. The standard InChI is InChI=1S/C11H14ClNO/c12-10-3-1-2-9(6-10)7-11(13)4-5-14-8-11/h1-3,6H,4-5,7-8,13H2. The maximum absolute atomic E-state index is 6.17. The molecule has 0 spiro atoms. The van der Waals surface area contributed by atoms with Gasteiger partial charge in [-0.05, 0) is 30.5 Å². The summed E-state index contributed by atoms with van der Waals surface area (Å²) in [6.07, 6.45) is 1.77. The van der Waals surface area contributed by atoms with E-state index in [0.717, 1.165) is 24.5 Å². The molecular formula is C11H14ClNO. The fraction of sp³-hybridized carbons (Fsp3) is 0.455. The van der Waals surface area contributed by atoms with Crippen LogP contribution in [0.3, 0.4) is 0 Å². The van der Waals surface area contributed by atoms with Gasteiger partial charge in [-0.25, -0.2) is 0 Å². The molecule has 1 aromatic rings. The second-order valence-corrected chi connectivity index (χ2v) is 4.41. The van der Waals surface area contributed by atoms with Crippen LogP contribution in [0.25, 0.3) is 0 Å². The second kappa shape index (κ2) is 3.89. The molecule has 14 heavy (non-hydrogen) atoms. The topological polar surface area (TPSA) is 35.2 Å². The average Bonchev–Trinajstić information content (AvgIpc) is 2.51. The molecule has 0 aromatic heterocycles. The molecule has 0 aliphatic carbocycles. The first-order valence-electron chi connectivity index (χ1n) is 4.79. The van der Waals surface area contributed by atoms with Gasteiger partial charge in [0.25, 0.3) is 0 Å². The molecule has 1 atom stereocenters. The molecule has 2 rings (SSSR count). The van der Waals surface area contributed by atoms with E-state index in [0.29, 0.717) is 6.61 Å². The lowest BCUT2D eigenvalue weighted by atomic mass is 9.91. The molecule has 2 N–H and O–H groups in total. The molecule has 1 unspecified atom stereocenters. The highest BCUT2D eigenvalue weighted by molar-refractivity contribution is 6.30. The van der Waals surface area contributed by atoms with Crippen molar-refractivity contribution in [3.63, 3.8) is 0 Å². The molecule has 1 saturated heterocycles.